The van der Waals surface area contributed by atoms with E-state index in [9.17, 15) is 13.2 Å². The standard InChI is InChI=1S/C22H24N4O3S2/c1-17(23-24-22-26(21(27)16-30-22)19-8-4-2-5-9-19)18-10-12-20(13-11-18)31(28,29)25-14-6-3-7-15-25/h2,4-5,8-13H,3,6-7,14-16H2,1H3/b23-17+,24-22-. The monoisotopic (exact) mass is 456 g/mol. The second kappa shape index (κ2) is 9.33. The van der Waals surface area contributed by atoms with Gasteiger partial charge in [0.15, 0.2) is 5.17 Å². The van der Waals surface area contributed by atoms with Crippen LogP contribution >= 0.6 is 11.8 Å². The van der Waals surface area contributed by atoms with Crippen molar-refractivity contribution in [1.29, 1.82) is 0 Å². The molecule has 0 radical (unpaired) electrons. The van der Waals surface area contributed by atoms with Crippen LogP contribution in [0.15, 0.2) is 69.7 Å². The van der Waals surface area contributed by atoms with Crippen LogP contribution in [0.3, 0.4) is 0 Å². The first kappa shape index (κ1) is 21.7. The van der Waals surface area contributed by atoms with E-state index in [1.807, 2.05) is 37.3 Å². The predicted octanol–water partition coefficient (Wildman–Crippen LogP) is 3.72. The third kappa shape index (κ3) is 4.73. The molecule has 2 saturated heterocycles. The Kier molecular flexibility index (Phi) is 6.54. The summed E-state index contributed by atoms with van der Waals surface area (Å²) in [5.41, 5.74) is 2.18. The number of carbonyl (C=O) groups excluding carboxylic acids is 1. The SMILES string of the molecule is C/C(=N\N=C1/SCC(=O)N1c1ccccc1)c1ccc(S(=O)(=O)N2CCCCC2)cc1. The second-order valence-electron chi connectivity index (χ2n) is 7.41. The van der Waals surface area contributed by atoms with Crippen molar-refractivity contribution in [3.63, 3.8) is 0 Å². The number of hydrogen-bond donors (Lipinski definition) is 0. The maximum Gasteiger partial charge on any atom is 0.243 e. The zero-order chi connectivity index (χ0) is 21.8. The Labute approximate surface area is 186 Å². The van der Waals surface area contributed by atoms with E-state index in [4.69, 9.17) is 0 Å². The third-order valence-corrected chi connectivity index (χ3v) is 8.12. The van der Waals surface area contributed by atoms with Gasteiger partial charge in [-0.25, -0.2) is 8.42 Å². The highest BCUT2D eigenvalue weighted by atomic mass is 32.2. The summed E-state index contributed by atoms with van der Waals surface area (Å²) in [4.78, 5) is 14.1. The largest absolute Gasteiger partial charge is 0.273 e. The molecular formula is C22H24N4O3S2. The highest BCUT2D eigenvalue weighted by Gasteiger charge is 2.30. The summed E-state index contributed by atoms with van der Waals surface area (Å²) in [6, 6.07) is 16.1. The van der Waals surface area contributed by atoms with Crippen LogP contribution in [0.4, 0.5) is 5.69 Å². The van der Waals surface area contributed by atoms with Crippen molar-refractivity contribution in [2.45, 2.75) is 31.1 Å². The quantitative estimate of drug-likeness (QED) is 0.507. The van der Waals surface area contributed by atoms with Gasteiger partial charge in [0.1, 0.15) is 0 Å². The first-order chi connectivity index (χ1) is 15.0. The van der Waals surface area contributed by atoms with Crippen molar-refractivity contribution in [3.8, 4) is 0 Å². The predicted molar refractivity (Wildman–Crippen MR) is 125 cm³/mol. The molecule has 2 heterocycles. The van der Waals surface area contributed by atoms with Crippen molar-refractivity contribution in [2.24, 2.45) is 10.2 Å². The lowest BCUT2D eigenvalue weighted by Crippen LogP contribution is -2.35. The molecule has 7 nitrogen and oxygen atoms in total. The molecule has 0 aromatic heterocycles. The Morgan fingerprint density at radius 3 is 2.32 bits per heavy atom. The highest BCUT2D eigenvalue weighted by Crippen LogP contribution is 2.26. The van der Waals surface area contributed by atoms with Crippen LogP contribution in [0.1, 0.15) is 31.7 Å². The number of anilines is 1. The van der Waals surface area contributed by atoms with Crippen molar-refractivity contribution < 1.29 is 13.2 Å². The molecule has 0 unspecified atom stereocenters. The number of sulfonamides is 1. The van der Waals surface area contributed by atoms with Crippen LogP contribution in [0.2, 0.25) is 0 Å². The second-order valence-corrected chi connectivity index (χ2v) is 10.3. The van der Waals surface area contributed by atoms with Crippen LogP contribution in [-0.2, 0) is 14.8 Å². The van der Waals surface area contributed by atoms with Gasteiger partial charge in [-0.15, -0.1) is 5.10 Å². The third-order valence-electron chi connectivity index (χ3n) is 5.29. The van der Waals surface area contributed by atoms with Gasteiger partial charge in [-0.2, -0.15) is 9.41 Å². The minimum Gasteiger partial charge on any atom is -0.273 e. The molecule has 0 saturated carbocycles. The number of thioether (sulfide) groups is 1. The smallest absolute Gasteiger partial charge is 0.243 e. The van der Waals surface area contributed by atoms with Crippen molar-refractivity contribution in [3.05, 3.63) is 60.2 Å². The van der Waals surface area contributed by atoms with E-state index in [0.717, 1.165) is 30.5 Å². The number of hydrogen-bond acceptors (Lipinski definition) is 6. The van der Waals surface area contributed by atoms with Gasteiger partial charge >= 0.3 is 0 Å². The lowest BCUT2D eigenvalue weighted by molar-refractivity contribution is -0.115. The molecule has 1 amide bonds. The number of benzene rings is 2. The molecule has 0 N–H and O–H groups in total. The molecule has 0 bridgehead atoms. The van der Waals surface area contributed by atoms with E-state index in [1.54, 1.807) is 33.5 Å². The van der Waals surface area contributed by atoms with Crippen molar-refractivity contribution in [2.75, 3.05) is 23.7 Å². The Balaban J connectivity index is 1.53. The van der Waals surface area contributed by atoms with E-state index in [1.165, 1.54) is 11.8 Å². The maximum atomic E-state index is 12.8. The molecule has 31 heavy (non-hydrogen) atoms. The average molecular weight is 457 g/mol. The Hall–Kier alpha value is -2.49. The summed E-state index contributed by atoms with van der Waals surface area (Å²) in [6.07, 6.45) is 2.89. The van der Waals surface area contributed by atoms with Crippen LogP contribution in [-0.4, -0.2) is 48.4 Å². The summed E-state index contributed by atoms with van der Waals surface area (Å²) >= 11 is 1.35. The normalized spacial score (nSPS) is 19.9. The van der Waals surface area contributed by atoms with Crippen molar-refractivity contribution in [1.82, 2.24) is 4.31 Å². The molecule has 162 valence electrons. The Morgan fingerprint density at radius 1 is 0.968 bits per heavy atom. The van der Waals surface area contributed by atoms with Crippen LogP contribution in [0.5, 0.6) is 0 Å². The fraction of sp³-hybridized carbons (Fsp3) is 0.318. The number of nitrogens with zero attached hydrogens (tertiary/aromatic N) is 4. The number of amidine groups is 1. The fourth-order valence-corrected chi connectivity index (χ4v) is 5.90. The first-order valence-corrected chi connectivity index (χ1v) is 12.6. The number of amides is 1. The number of carbonyl (C=O) groups is 1. The lowest BCUT2D eigenvalue weighted by Gasteiger charge is -2.25. The summed E-state index contributed by atoms with van der Waals surface area (Å²) in [7, 11) is -3.46. The van der Waals surface area contributed by atoms with Gasteiger partial charge in [-0.05, 0) is 49.6 Å². The molecular weight excluding hydrogens is 432 g/mol. The molecule has 4 rings (SSSR count). The van der Waals surface area contributed by atoms with Gasteiger partial charge in [0.2, 0.25) is 15.9 Å². The molecule has 9 heteroatoms. The molecule has 2 aromatic rings. The summed E-state index contributed by atoms with van der Waals surface area (Å²) in [5, 5.41) is 9.12. The van der Waals surface area contributed by atoms with Gasteiger partial charge in [0.05, 0.1) is 22.0 Å². The number of rotatable bonds is 5. The highest BCUT2D eigenvalue weighted by molar-refractivity contribution is 8.15. The van der Waals surface area contributed by atoms with Gasteiger partial charge in [0, 0.05) is 13.1 Å². The Morgan fingerprint density at radius 2 is 1.65 bits per heavy atom. The van der Waals surface area contributed by atoms with Crippen molar-refractivity contribution >= 4 is 44.3 Å². The maximum absolute atomic E-state index is 12.8. The average Bonchev–Trinajstić information content (AvgIpc) is 3.19. The number of piperidine rings is 1. The van der Waals surface area contributed by atoms with Crippen LogP contribution in [0, 0.1) is 0 Å². The van der Waals surface area contributed by atoms with Crippen LogP contribution in [0.25, 0.3) is 0 Å². The van der Waals surface area contributed by atoms with E-state index in [2.05, 4.69) is 10.2 Å². The van der Waals surface area contributed by atoms with Gasteiger partial charge < -0.3 is 0 Å². The van der Waals surface area contributed by atoms with Gasteiger partial charge in [-0.1, -0.05) is 48.5 Å². The molecule has 2 aliphatic heterocycles. The zero-order valence-electron chi connectivity index (χ0n) is 17.3. The minimum atomic E-state index is -3.46. The van der Waals surface area contributed by atoms with Crippen LogP contribution < -0.4 is 4.90 Å². The van der Waals surface area contributed by atoms with Gasteiger partial charge in [-0.3, -0.25) is 9.69 Å². The molecule has 0 atom stereocenters. The van der Waals surface area contributed by atoms with E-state index in [0.29, 0.717) is 34.6 Å². The van der Waals surface area contributed by atoms with E-state index < -0.39 is 10.0 Å². The van der Waals surface area contributed by atoms with E-state index >= 15 is 0 Å². The molecule has 0 spiro atoms. The molecule has 2 aliphatic rings. The molecule has 2 fully saturated rings. The fourth-order valence-electron chi connectivity index (χ4n) is 3.57. The lowest BCUT2D eigenvalue weighted by atomic mass is 10.1. The molecule has 0 aliphatic carbocycles. The Bertz CT molecular complexity index is 1110. The summed E-state index contributed by atoms with van der Waals surface area (Å²) < 4.78 is 27.2. The van der Waals surface area contributed by atoms with Gasteiger partial charge in [0.25, 0.3) is 0 Å². The molecule has 2 aromatic carbocycles. The first-order valence-electron chi connectivity index (χ1n) is 10.2. The minimum absolute atomic E-state index is 0.0323. The summed E-state index contributed by atoms with van der Waals surface area (Å²) in [6.45, 7) is 2.97. The van der Waals surface area contributed by atoms with E-state index in [-0.39, 0.29) is 5.91 Å². The zero-order valence-corrected chi connectivity index (χ0v) is 18.9. The summed E-state index contributed by atoms with van der Waals surface area (Å²) in [5.74, 6) is 0.292. The topological polar surface area (TPSA) is 82.4 Å². The number of para-hydroxylation sites is 1.